The molecule has 1 unspecified atom stereocenters. The van der Waals surface area contributed by atoms with Gasteiger partial charge >= 0.3 is 0 Å². The van der Waals surface area contributed by atoms with Crippen LogP contribution in [-0.2, 0) is 17.8 Å². The summed E-state index contributed by atoms with van der Waals surface area (Å²) in [5.41, 5.74) is 1.02. The Morgan fingerprint density at radius 2 is 2.37 bits per heavy atom. The second-order valence-electron chi connectivity index (χ2n) is 5.58. The van der Waals surface area contributed by atoms with Gasteiger partial charge in [-0.2, -0.15) is 0 Å². The summed E-state index contributed by atoms with van der Waals surface area (Å²) in [6.07, 6.45) is 4.05. The Bertz CT molecular complexity index is 403. The van der Waals surface area contributed by atoms with E-state index in [0.29, 0.717) is 12.1 Å². The van der Waals surface area contributed by atoms with Gasteiger partial charge in [0.1, 0.15) is 0 Å². The van der Waals surface area contributed by atoms with E-state index in [1.54, 1.807) is 0 Å². The summed E-state index contributed by atoms with van der Waals surface area (Å²) in [6, 6.07) is 2.79. The molecular formula is C14H23N3O2. The molecule has 5 heteroatoms. The first kappa shape index (κ1) is 13.1. The Kier molecular flexibility index (Phi) is 4.15. The standard InChI is InChI=1S/C14H23N3O2/c1-2-13-9-17(5-6-18-13)10-14-7-12(16-19-14)8-15-11-3-4-11/h7,11,13,15H,2-6,8-10H2,1H3. The summed E-state index contributed by atoms with van der Waals surface area (Å²) in [5.74, 6) is 0.962. The van der Waals surface area contributed by atoms with E-state index in [1.807, 2.05) is 0 Å². The van der Waals surface area contributed by atoms with Crippen LogP contribution in [0.1, 0.15) is 37.6 Å². The fourth-order valence-electron chi connectivity index (χ4n) is 2.44. The SMILES string of the molecule is CCC1CN(Cc2cc(CNC3CC3)no2)CCO1. The molecule has 1 aromatic heterocycles. The second-order valence-corrected chi connectivity index (χ2v) is 5.58. The third-order valence-corrected chi connectivity index (χ3v) is 3.81. The lowest BCUT2D eigenvalue weighted by molar-refractivity contribution is -0.0346. The first-order valence-electron chi connectivity index (χ1n) is 7.35. The molecule has 1 saturated carbocycles. The molecule has 0 bridgehead atoms. The smallest absolute Gasteiger partial charge is 0.151 e. The average molecular weight is 265 g/mol. The zero-order chi connectivity index (χ0) is 13.1. The number of hydrogen-bond donors (Lipinski definition) is 1. The van der Waals surface area contributed by atoms with Crippen molar-refractivity contribution >= 4 is 0 Å². The molecule has 2 heterocycles. The maximum Gasteiger partial charge on any atom is 0.151 e. The average Bonchev–Trinajstić information content (AvgIpc) is 3.17. The Balaban J connectivity index is 1.48. The van der Waals surface area contributed by atoms with Crippen LogP contribution in [0.5, 0.6) is 0 Å². The molecule has 3 rings (SSSR count). The Hall–Kier alpha value is -0.910. The lowest BCUT2D eigenvalue weighted by Crippen LogP contribution is -2.41. The summed E-state index contributed by atoms with van der Waals surface area (Å²) in [5, 5.41) is 7.58. The highest BCUT2D eigenvalue weighted by Crippen LogP contribution is 2.19. The van der Waals surface area contributed by atoms with Crippen LogP contribution in [0.3, 0.4) is 0 Å². The molecule has 1 N–H and O–H groups in total. The molecule has 2 fully saturated rings. The summed E-state index contributed by atoms with van der Waals surface area (Å²) in [7, 11) is 0. The van der Waals surface area contributed by atoms with Gasteiger partial charge in [0.05, 0.1) is 24.9 Å². The predicted octanol–water partition coefficient (Wildman–Crippen LogP) is 1.54. The molecule has 1 aromatic rings. The van der Waals surface area contributed by atoms with Crippen LogP contribution in [0, 0.1) is 0 Å². The third-order valence-electron chi connectivity index (χ3n) is 3.81. The molecule has 0 radical (unpaired) electrons. The van der Waals surface area contributed by atoms with E-state index in [9.17, 15) is 0 Å². The molecule has 0 aromatic carbocycles. The molecule has 1 aliphatic carbocycles. The van der Waals surface area contributed by atoms with Gasteiger partial charge in [-0.15, -0.1) is 0 Å². The Labute approximate surface area is 114 Å². The third kappa shape index (κ3) is 3.78. The number of rotatable bonds is 6. The van der Waals surface area contributed by atoms with Crippen molar-refractivity contribution in [3.63, 3.8) is 0 Å². The lowest BCUT2D eigenvalue weighted by Gasteiger charge is -2.31. The number of hydrogen-bond acceptors (Lipinski definition) is 5. The van der Waals surface area contributed by atoms with Crippen molar-refractivity contribution in [2.45, 2.75) is 51.4 Å². The van der Waals surface area contributed by atoms with Gasteiger partial charge < -0.3 is 14.6 Å². The topological polar surface area (TPSA) is 50.5 Å². The molecule has 5 nitrogen and oxygen atoms in total. The van der Waals surface area contributed by atoms with Crippen LogP contribution in [0.15, 0.2) is 10.6 Å². The maximum absolute atomic E-state index is 5.67. The zero-order valence-corrected chi connectivity index (χ0v) is 11.6. The van der Waals surface area contributed by atoms with E-state index < -0.39 is 0 Å². The molecule has 0 amide bonds. The first-order chi connectivity index (χ1) is 9.33. The zero-order valence-electron chi connectivity index (χ0n) is 11.6. The summed E-state index contributed by atoms with van der Waals surface area (Å²) < 4.78 is 11.1. The van der Waals surface area contributed by atoms with Gasteiger partial charge in [-0.3, -0.25) is 4.90 Å². The summed E-state index contributed by atoms with van der Waals surface area (Å²) in [6.45, 7) is 6.64. The lowest BCUT2D eigenvalue weighted by atomic mass is 10.2. The molecule has 0 spiro atoms. The van der Waals surface area contributed by atoms with Crippen molar-refractivity contribution in [2.24, 2.45) is 0 Å². The van der Waals surface area contributed by atoms with Gasteiger partial charge in [0.15, 0.2) is 5.76 Å². The maximum atomic E-state index is 5.67. The minimum absolute atomic E-state index is 0.368. The van der Waals surface area contributed by atoms with E-state index in [1.165, 1.54) is 12.8 Å². The predicted molar refractivity (Wildman–Crippen MR) is 71.7 cm³/mol. The minimum Gasteiger partial charge on any atom is -0.376 e. The van der Waals surface area contributed by atoms with Gasteiger partial charge in [0, 0.05) is 31.7 Å². The van der Waals surface area contributed by atoms with Gasteiger partial charge in [-0.05, 0) is 19.3 Å². The van der Waals surface area contributed by atoms with Crippen LogP contribution in [-0.4, -0.2) is 41.9 Å². The molecule has 1 atom stereocenters. The van der Waals surface area contributed by atoms with E-state index in [0.717, 1.165) is 50.7 Å². The van der Waals surface area contributed by atoms with Crippen molar-refractivity contribution in [3.05, 3.63) is 17.5 Å². The van der Waals surface area contributed by atoms with E-state index in [4.69, 9.17) is 9.26 Å². The van der Waals surface area contributed by atoms with Crippen molar-refractivity contribution in [1.29, 1.82) is 0 Å². The van der Waals surface area contributed by atoms with Crippen LogP contribution in [0.4, 0.5) is 0 Å². The van der Waals surface area contributed by atoms with Gasteiger partial charge in [0.2, 0.25) is 0 Å². The first-order valence-corrected chi connectivity index (χ1v) is 7.35. The fraction of sp³-hybridized carbons (Fsp3) is 0.786. The highest BCUT2D eigenvalue weighted by Gasteiger charge is 2.22. The van der Waals surface area contributed by atoms with E-state index >= 15 is 0 Å². The molecule has 19 heavy (non-hydrogen) atoms. The quantitative estimate of drug-likeness (QED) is 0.845. The fourth-order valence-corrected chi connectivity index (χ4v) is 2.44. The molecular weight excluding hydrogens is 242 g/mol. The van der Waals surface area contributed by atoms with Crippen molar-refractivity contribution in [2.75, 3.05) is 19.7 Å². The van der Waals surface area contributed by atoms with E-state index in [2.05, 4.69) is 28.4 Å². The minimum atomic E-state index is 0.368. The van der Waals surface area contributed by atoms with E-state index in [-0.39, 0.29) is 0 Å². The highest BCUT2D eigenvalue weighted by molar-refractivity contribution is 5.06. The van der Waals surface area contributed by atoms with Gasteiger partial charge in [0.25, 0.3) is 0 Å². The number of morpholine rings is 1. The highest BCUT2D eigenvalue weighted by atomic mass is 16.5. The number of nitrogens with zero attached hydrogens (tertiary/aromatic N) is 2. The van der Waals surface area contributed by atoms with Crippen LogP contribution >= 0.6 is 0 Å². The Morgan fingerprint density at radius 1 is 1.47 bits per heavy atom. The number of aromatic nitrogens is 1. The van der Waals surface area contributed by atoms with Gasteiger partial charge in [-0.25, -0.2) is 0 Å². The van der Waals surface area contributed by atoms with Gasteiger partial charge in [-0.1, -0.05) is 12.1 Å². The van der Waals surface area contributed by atoms with Crippen molar-refractivity contribution in [3.8, 4) is 0 Å². The number of nitrogens with one attached hydrogen (secondary N) is 1. The molecule has 106 valence electrons. The molecule has 1 saturated heterocycles. The Morgan fingerprint density at radius 3 is 3.16 bits per heavy atom. The summed E-state index contributed by atoms with van der Waals surface area (Å²) >= 11 is 0. The molecule has 2 aliphatic rings. The largest absolute Gasteiger partial charge is 0.376 e. The van der Waals surface area contributed by atoms with Crippen LogP contribution in [0.2, 0.25) is 0 Å². The normalized spacial score (nSPS) is 24.8. The van der Waals surface area contributed by atoms with Crippen LogP contribution < -0.4 is 5.32 Å². The second kappa shape index (κ2) is 6.03. The monoisotopic (exact) mass is 265 g/mol. The number of ether oxygens (including phenoxy) is 1. The van der Waals surface area contributed by atoms with Crippen LogP contribution in [0.25, 0.3) is 0 Å². The molecule has 1 aliphatic heterocycles. The summed E-state index contributed by atoms with van der Waals surface area (Å²) in [4.78, 5) is 2.39. The van der Waals surface area contributed by atoms with Crippen molar-refractivity contribution in [1.82, 2.24) is 15.4 Å². The van der Waals surface area contributed by atoms with Crippen molar-refractivity contribution < 1.29 is 9.26 Å².